The smallest absolute Gasteiger partial charge is 0.262 e. The Labute approximate surface area is 145 Å². The monoisotopic (exact) mass is 369 g/mol. The van der Waals surface area contributed by atoms with E-state index in [9.17, 15) is 8.42 Å². The van der Waals surface area contributed by atoms with Gasteiger partial charge < -0.3 is 14.2 Å². The van der Waals surface area contributed by atoms with E-state index in [1.165, 1.54) is 19.2 Å². The van der Waals surface area contributed by atoms with Gasteiger partial charge >= 0.3 is 0 Å². The van der Waals surface area contributed by atoms with Gasteiger partial charge in [0.25, 0.3) is 10.0 Å². The minimum absolute atomic E-state index is 0.0707. The molecule has 0 spiro atoms. The predicted molar refractivity (Wildman–Crippen MR) is 91.0 cm³/mol. The highest BCUT2D eigenvalue weighted by Gasteiger charge is 2.21. The van der Waals surface area contributed by atoms with Crippen LogP contribution in [0.15, 0.2) is 35.2 Å². The Balaban J connectivity index is 1.96. The molecular formula is C16H16ClNO5S. The van der Waals surface area contributed by atoms with Gasteiger partial charge in [0.05, 0.1) is 17.7 Å². The molecule has 1 N–H and O–H groups in total. The highest BCUT2D eigenvalue weighted by atomic mass is 35.5. The summed E-state index contributed by atoms with van der Waals surface area (Å²) in [6.07, 6.45) is 0. The first-order chi connectivity index (χ1) is 11.4. The molecule has 0 unspecified atom stereocenters. The van der Waals surface area contributed by atoms with E-state index in [2.05, 4.69) is 4.72 Å². The lowest BCUT2D eigenvalue weighted by Crippen LogP contribution is -2.17. The van der Waals surface area contributed by atoms with Crippen LogP contribution >= 0.6 is 11.6 Å². The van der Waals surface area contributed by atoms with Crippen molar-refractivity contribution in [1.29, 1.82) is 0 Å². The number of sulfonamides is 1. The van der Waals surface area contributed by atoms with Crippen molar-refractivity contribution in [1.82, 2.24) is 0 Å². The highest BCUT2D eigenvalue weighted by Crippen LogP contribution is 2.35. The number of hydrogen-bond donors (Lipinski definition) is 1. The van der Waals surface area contributed by atoms with Crippen LogP contribution in [0.3, 0.4) is 0 Å². The number of aryl methyl sites for hydroxylation is 1. The third-order valence-corrected chi connectivity index (χ3v) is 5.32. The summed E-state index contributed by atoms with van der Waals surface area (Å²) in [4.78, 5) is 0.0707. The standard InChI is InChI=1S/C16H16ClNO5S/c1-10-7-13(15(21-2)9-12(10)17)18-24(19,20)11-3-4-14-16(8-11)23-6-5-22-14/h3-4,7-9,18H,5-6H2,1-2H3. The van der Waals surface area contributed by atoms with Crippen molar-refractivity contribution in [2.45, 2.75) is 11.8 Å². The second kappa shape index (κ2) is 6.41. The van der Waals surface area contributed by atoms with Crippen LogP contribution < -0.4 is 18.9 Å². The van der Waals surface area contributed by atoms with Crippen LogP contribution in [0.2, 0.25) is 5.02 Å². The number of anilines is 1. The number of halogens is 1. The molecule has 2 aromatic carbocycles. The Bertz CT molecular complexity index is 882. The SMILES string of the molecule is COc1cc(Cl)c(C)cc1NS(=O)(=O)c1ccc2c(c1)OCCO2. The lowest BCUT2D eigenvalue weighted by molar-refractivity contribution is 0.171. The van der Waals surface area contributed by atoms with E-state index < -0.39 is 10.0 Å². The molecule has 1 heterocycles. The lowest BCUT2D eigenvalue weighted by Gasteiger charge is -2.19. The van der Waals surface area contributed by atoms with Crippen molar-refractivity contribution in [2.75, 3.05) is 25.0 Å². The topological polar surface area (TPSA) is 73.9 Å². The zero-order valence-corrected chi connectivity index (χ0v) is 14.7. The predicted octanol–water partition coefficient (Wildman–Crippen LogP) is 3.23. The van der Waals surface area contributed by atoms with Gasteiger partial charge in [0.1, 0.15) is 19.0 Å². The van der Waals surface area contributed by atoms with Crippen molar-refractivity contribution in [3.8, 4) is 17.2 Å². The minimum atomic E-state index is -3.82. The van der Waals surface area contributed by atoms with Gasteiger partial charge in [-0.25, -0.2) is 8.42 Å². The molecule has 6 nitrogen and oxygen atoms in total. The maximum atomic E-state index is 12.7. The maximum Gasteiger partial charge on any atom is 0.262 e. The molecule has 8 heteroatoms. The largest absolute Gasteiger partial charge is 0.495 e. The Morgan fingerprint density at radius 2 is 1.83 bits per heavy atom. The molecule has 0 aliphatic carbocycles. The summed E-state index contributed by atoms with van der Waals surface area (Å²) in [6.45, 7) is 2.61. The van der Waals surface area contributed by atoms with Crippen LogP contribution in [0.5, 0.6) is 17.2 Å². The Hall–Kier alpha value is -2.12. The van der Waals surface area contributed by atoms with Crippen LogP contribution in [-0.4, -0.2) is 28.7 Å². The fraction of sp³-hybridized carbons (Fsp3) is 0.250. The minimum Gasteiger partial charge on any atom is -0.495 e. The van der Waals surface area contributed by atoms with E-state index in [1.54, 1.807) is 25.1 Å². The van der Waals surface area contributed by atoms with Crippen LogP contribution in [0.4, 0.5) is 5.69 Å². The van der Waals surface area contributed by atoms with E-state index in [4.69, 9.17) is 25.8 Å². The number of hydrogen-bond acceptors (Lipinski definition) is 5. The second-order valence-electron chi connectivity index (χ2n) is 5.21. The van der Waals surface area contributed by atoms with Gasteiger partial charge in [-0.3, -0.25) is 4.72 Å². The van der Waals surface area contributed by atoms with Crippen molar-refractivity contribution in [3.63, 3.8) is 0 Å². The van der Waals surface area contributed by atoms with Crippen molar-refractivity contribution in [3.05, 3.63) is 40.9 Å². The van der Waals surface area contributed by atoms with Crippen molar-refractivity contribution in [2.24, 2.45) is 0 Å². The maximum absolute atomic E-state index is 12.7. The first-order valence-corrected chi connectivity index (χ1v) is 9.03. The number of ether oxygens (including phenoxy) is 3. The van der Waals surface area contributed by atoms with Gasteiger partial charge in [0.15, 0.2) is 11.5 Å². The van der Waals surface area contributed by atoms with Gasteiger partial charge in [-0.2, -0.15) is 0 Å². The average Bonchev–Trinajstić information content (AvgIpc) is 2.57. The molecule has 0 atom stereocenters. The molecule has 24 heavy (non-hydrogen) atoms. The number of benzene rings is 2. The number of fused-ring (bicyclic) bond motifs is 1. The molecule has 0 saturated carbocycles. The Morgan fingerprint density at radius 1 is 1.12 bits per heavy atom. The van der Waals surface area contributed by atoms with Gasteiger partial charge in [0, 0.05) is 17.2 Å². The Kier molecular flexibility index (Phi) is 4.47. The summed E-state index contributed by atoms with van der Waals surface area (Å²) in [5, 5.41) is 0.495. The molecule has 1 aliphatic rings. The molecule has 0 aromatic heterocycles. The first-order valence-electron chi connectivity index (χ1n) is 7.17. The third kappa shape index (κ3) is 3.22. The van der Waals surface area contributed by atoms with Gasteiger partial charge in [-0.1, -0.05) is 11.6 Å². The quantitative estimate of drug-likeness (QED) is 0.895. The van der Waals surface area contributed by atoms with Gasteiger partial charge in [0.2, 0.25) is 0 Å². The van der Waals surface area contributed by atoms with E-state index in [-0.39, 0.29) is 4.90 Å². The molecule has 0 saturated heterocycles. The van der Waals surface area contributed by atoms with Crippen molar-refractivity contribution >= 4 is 27.3 Å². The molecule has 0 fully saturated rings. The summed E-state index contributed by atoms with van der Waals surface area (Å²) < 4.78 is 43.9. The fourth-order valence-electron chi connectivity index (χ4n) is 2.31. The zero-order chi connectivity index (χ0) is 17.3. The number of rotatable bonds is 4. The van der Waals surface area contributed by atoms with E-state index in [1.807, 2.05) is 0 Å². The molecule has 0 amide bonds. The van der Waals surface area contributed by atoms with E-state index in [0.717, 1.165) is 5.56 Å². The average molecular weight is 370 g/mol. The normalized spacial score (nSPS) is 13.5. The molecule has 128 valence electrons. The molecule has 0 radical (unpaired) electrons. The summed E-state index contributed by atoms with van der Waals surface area (Å²) in [6, 6.07) is 7.67. The number of methoxy groups -OCH3 is 1. The zero-order valence-electron chi connectivity index (χ0n) is 13.1. The molecule has 3 rings (SSSR count). The number of nitrogens with one attached hydrogen (secondary N) is 1. The fourth-order valence-corrected chi connectivity index (χ4v) is 3.54. The molecule has 1 aliphatic heterocycles. The molecule has 0 bridgehead atoms. The summed E-state index contributed by atoms with van der Waals surface area (Å²) >= 11 is 6.04. The van der Waals surface area contributed by atoms with Crippen molar-refractivity contribution < 1.29 is 22.6 Å². The lowest BCUT2D eigenvalue weighted by atomic mass is 10.2. The van der Waals surface area contributed by atoms with Crippen LogP contribution in [0.25, 0.3) is 0 Å². The van der Waals surface area contributed by atoms with E-state index >= 15 is 0 Å². The first kappa shape index (κ1) is 16.7. The van der Waals surface area contributed by atoms with Crippen LogP contribution in [-0.2, 0) is 10.0 Å². The second-order valence-corrected chi connectivity index (χ2v) is 7.30. The molecule has 2 aromatic rings. The third-order valence-electron chi connectivity index (χ3n) is 3.55. The molecular weight excluding hydrogens is 354 g/mol. The summed E-state index contributed by atoms with van der Waals surface area (Å²) in [7, 11) is -2.37. The highest BCUT2D eigenvalue weighted by molar-refractivity contribution is 7.92. The van der Waals surface area contributed by atoms with Gasteiger partial charge in [-0.05, 0) is 30.7 Å². The summed E-state index contributed by atoms with van der Waals surface area (Å²) in [5.74, 6) is 1.27. The van der Waals surface area contributed by atoms with Crippen LogP contribution in [0, 0.1) is 6.92 Å². The van der Waals surface area contributed by atoms with Crippen LogP contribution in [0.1, 0.15) is 5.56 Å². The van der Waals surface area contributed by atoms with E-state index in [0.29, 0.717) is 41.2 Å². The van der Waals surface area contributed by atoms with Gasteiger partial charge in [-0.15, -0.1) is 0 Å². The summed E-state index contributed by atoms with van der Waals surface area (Å²) in [5.41, 5.74) is 1.05. The Morgan fingerprint density at radius 3 is 2.54 bits per heavy atom.